The second-order valence-electron chi connectivity index (χ2n) is 4.96. The Hall–Kier alpha value is -1.51. The van der Waals surface area contributed by atoms with Crippen LogP contribution in [-0.2, 0) is 4.79 Å². The number of aliphatic carboxylic acids is 1. The van der Waals surface area contributed by atoms with Crippen LogP contribution < -0.4 is 4.90 Å². The third-order valence-electron chi connectivity index (χ3n) is 3.73. The zero-order valence-corrected chi connectivity index (χ0v) is 10.6. The summed E-state index contributed by atoms with van der Waals surface area (Å²) in [4.78, 5) is 13.3. The molecule has 17 heavy (non-hydrogen) atoms. The summed E-state index contributed by atoms with van der Waals surface area (Å²) in [6.45, 7) is 7.00. The molecule has 2 unspecified atom stereocenters. The van der Waals surface area contributed by atoms with Gasteiger partial charge >= 0.3 is 5.97 Å². The van der Waals surface area contributed by atoms with E-state index in [4.69, 9.17) is 5.11 Å². The molecule has 1 aromatic carbocycles. The molecule has 92 valence electrons. The summed E-state index contributed by atoms with van der Waals surface area (Å²) in [5.74, 6) is -0.916. The number of carbonyl (C=O) groups is 1. The van der Waals surface area contributed by atoms with Gasteiger partial charge in [0, 0.05) is 18.3 Å². The fraction of sp³-hybridized carbons (Fsp3) is 0.500. The first-order chi connectivity index (χ1) is 8.00. The van der Waals surface area contributed by atoms with Gasteiger partial charge in [-0.15, -0.1) is 0 Å². The van der Waals surface area contributed by atoms with Crippen LogP contribution in [0.3, 0.4) is 0 Å². The number of rotatable bonds is 2. The molecule has 2 atom stereocenters. The van der Waals surface area contributed by atoms with Gasteiger partial charge < -0.3 is 10.0 Å². The summed E-state index contributed by atoms with van der Waals surface area (Å²) in [6, 6.07) is 6.42. The van der Waals surface area contributed by atoms with Gasteiger partial charge in [0.15, 0.2) is 0 Å². The van der Waals surface area contributed by atoms with Gasteiger partial charge in [0.05, 0.1) is 5.92 Å². The molecule has 0 amide bonds. The lowest BCUT2D eigenvalue weighted by Gasteiger charge is -2.27. The molecule has 0 aromatic heterocycles. The highest BCUT2D eigenvalue weighted by atomic mass is 16.4. The Morgan fingerprint density at radius 3 is 2.65 bits per heavy atom. The van der Waals surface area contributed by atoms with Gasteiger partial charge in [-0.2, -0.15) is 0 Å². The molecule has 1 saturated heterocycles. The Labute approximate surface area is 102 Å². The van der Waals surface area contributed by atoms with Crippen molar-refractivity contribution in [2.24, 2.45) is 5.92 Å². The second kappa shape index (κ2) is 4.40. The first-order valence-electron chi connectivity index (χ1n) is 6.07. The molecule has 0 bridgehead atoms. The molecule has 3 heteroatoms. The minimum absolute atomic E-state index is 0.0777. The SMILES string of the molecule is Cc1ccc(N2CCC(C(=O)O)C2C)c(C)c1. The average Bonchev–Trinajstić information content (AvgIpc) is 2.60. The molecule has 1 heterocycles. The Balaban J connectivity index is 2.27. The van der Waals surface area contributed by atoms with Crippen molar-refractivity contribution in [2.45, 2.75) is 33.2 Å². The molecule has 0 radical (unpaired) electrons. The van der Waals surface area contributed by atoms with Gasteiger partial charge in [-0.3, -0.25) is 4.79 Å². The van der Waals surface area contributed by atoms with E-state index in [0.29, 0.717) is 0 Å². The monoisotopic (exact) mass is 233 g/mol. The topological polar surface area (TPSA) is 40.5 Å². The molecule has 1 fully saturated rings. The van der Waals surface area contributed by atoms with E-state index in [-0.39, 0.29) is 12.0 Å². The first-order valence-corrected chi connectivity index (χ1v) is 6.07. The summed E-state index contributed by atoms with van der Waals surface area (Å²) < 4.78 is 0. The van der Waals surface area contributed by atoms with E-state index in [0.717, 1.165) is 13.0 Å². The number of aryl methyl sites for hydroxylation is 2. The smallest absolute Gasteiger partial charge is 0.308 e. The first kappa shape index (κ1) is 12.0. The zero-order valence-electron chi connectivity index (χ0n) is 10.6. The van der Waals surface area contributed by atoms with Crippen molar-refractivity contribution in [2.75, 3.05) is 11.4 Å². The maximum absolute atomic E-state index is 11.1. The lowest BCUT2D eigenvalue weighted by molar-refractivity contribution is -0.141. The van der Waals surface area contributed by atoms with Gasteiger partial charge in [0.25, 0.3) is 0 Å². The van der Waals surface area contributed by atoms with E-state index >= 15 is 0 Å². The quantitative estimate of drug-likeness (QED) is 0.853. The number of anilines is 1. The van der Waals surface area contributed by atoms with Crippen molar-refractivity contribution in [3.05, 3.63) is 29.3 Å². The Morgan fingerprint density at radius 2 is 2.12 bits per heavy atom. The van der Waals surface area contributed by atoms with Gasteiger partial charge in [-0.1, -0.05) is 17.7 Å². The van der Waals surface area contributed by atoms with Crippen molar-refractivity contribution in [3.8, 4) is 0 Å². The van der Waals surface area contributed by atoms with Crippen LogP contribution in [0.4, 0.5) is 5.69 Å². The molecule has 2 rings (SSSR count). The van der Waals surface area contributed by atoms with Crippen molar-refractivity contribution < 1.29 is 9.90 Å². The fourth-order valence-corrected chi connectivity index (χ4v) is 2.74. The number of carboxylic acid groups (broad SMARTS) is 1. The largest absolute Gasteiger partial charge is 0.481 e. The fourth-order valence-electron chi connectivity index (χ4n) is 2.74. The van der Waals surface area contributed by atoms with E-state index in [9.17, 15) is 4.79 Å². The van der Waals surface area contributed by atoms with Crippen LogP contribution in [-0.4, -0.2) is 23.7 Å². The third-order valence-corrected chi connectivity index (χ3v) is 3.73. The summed E-state index contributed by atoms with van der Waals surface area (Å²) in [7, 11) is 0. The number of hydrogen-bond donors (Lipinski definition) is 1. The minimum atomic E-state index is -0.676. The van der Waals surface area contributed by atoms with E-state index in [1.165, 1.54) is 16.8 Å². The Kier molecular flexibility index (Phi) is 3.09. The van der Waals surface area contributed by atoms with Crippen LogP contribution in [0.1, 0.15) is 24.5 Å². The number of carboxylic acids is 1. The van der Waals surface area contributed by atoms with Crippen molar-refractivity contribution >= 4 is 11.7 Å². The van der Waals surface area contributed by atoms with Crippen LogP contribution in [0.5, 0.6) is 0 Å². The summed E-state index contributed by atoms with van der Waals surface area (Å²) in [5, 5.41) is 9.14. The van der Waals surface area contributed by atoms with Crippen LogP contribution in [0, 0.1) is 19.8 Å². The van der Waals surface area contributed by atoms with Gasteiger partial charge in [-0.05, 0) is 38.8 Å². The predicted octanol–water partition coefficient (Wildman–Crippen LogP) is 2.60. The lowest BCUT2D eigenvalue weighted by Crippen LogP contribution is -2.33. The van der Waals surface area contributed by atoms with Gasteiger partial charge in [0.1, 0.15) is 0 Å². The molecule has 0 spiro atoms. The predicted molar refractivity (Wildman–Crippen MR) is 68.5 cm³/mol. The highest BCUT2D eigenvalue weighted by Gasteiger charge is 2.35. The zero-order chi connectivity index (χ0) is 12.6. The normalized spacial score (nSPS) is 24.1. The average molecular weight is 233 g/mol. The van der Waals surface area contributed by atoms with Crippen LogP contribution in [0.2, 0.25) is 0 Å². The highest BCUT2D eigenvalue weighted by molar-refractivity contribution is 5.73. The maximum Gasteiger partial charge on any atom is 0.308 e. The molecule has 1 N–H and O–H groups in total. The van der Waals surface area contributed by atoms with Crippen molar-refractivity contribution in [1.29, 1.82) is 0 Å². The molecule has 0 aliphatic carbocycles. The van der Waals surface area contributed by atoms with Crippen molar-refractivity contribution in [1.82, 2.24) is 0 Å². The minimum Gasteiger partial charge on any atom is -0.481 e. The van der Waals surface area contributed by atoms with Crippen LogP contribution in [0.15, 0.2) is 18.2 Å². The second-order valence-corrected chi connectivity index (χ2v) is 4.96. The maximum atomic E-state index is 11.1. The molecule has 1 aromatic rings. The van der Waals surface area contributed by atoms with E-state index in [1.807, 2.05) is 6.92 Å². The summed E-state index contributed by atoms with van der Waals surface area (Å²) in [6.07, 6.45) is 0.740. The number of nitrogens with zero attached hydrogens (tertiary/aromatic N) is 1. The molecule has 0 saturated carbocycles. The summed E-state index contributed by atoms with van der Waals surface area (Å²) >= 11 is 0. The molecular weight excluding hydrogens is 214 g/mol. The summed E-state index contributed by atoms with van der Waals surface area (Å²) in [5.41, 5.74) is 3.64. The van der Waals surface area contributed by atoms with E-state index in [2.05, 4.69) is 36.9 Å². The van der Waals surface area contributed by atoms with E-state index < -0.39 is 5.97 Å². The van der Waals surface area contributed by atoms with Gasteiger partial charge in [0.2, 0.25) is 0 Å². The lowest BCUT2D eigenvalue weighted by atomic mass is 10.0. The molecule has 1 aliphatic rings. The number of hydrogen-bond acceptors (Lipinski definition) is 2. The standard InChI is InChI=1S/C14H19NO2/c1-9-4-5-13(10(2)8-9)15-7-6-12(11(15)3)14(16)17/h4-5,8,11-12H,6-7H2,1-3H3,(H,16,17). The van der Waals surface area contributed by atoms with Crippen LogP contribution >= 0.6 is 0 Å². The highest BCUT2D eigenvalue weighted by Crippen LogP contribution is 2.32. The Bertz CT molecular complexity index is 442. The number of benzene rings is 1. The Morgan fingerprint density at radius 1 is 1.41 bits per heavy atom. The molecule has 3 nitrogen and oxygen atoms in total. The third kappa shape index (κ3) is 2.14. The molecule has 1 aliphatic heterocycles. The van der Waals surface area contributed by atoms with Crippen LogP contribution in [0.25, 0.3) is 0 Å². The van der Waals surface area contributed by atoms with Gasteiger partial charge in [-0.25, -0.2) is 0 Å². The molecular formula is C14H19NO2. The van der Waals surface area contributed by atoms with E-state index in [1.54, 1.807) is 0 Å². The van der Waals surface area contributed by atoms with Crippen molar-refractivity contribution in [3.63, 3.8) is 0 Å².